The summed E-state index contributed by atoms with van der Waals surface area (Å²) in [7, 11) is 0. The van der Waals surface area contributed by atoms with Crippen molar-refractivity contribution in [1.82, 2.24) is 14.5 Å². The van der Waals surface area contributed by atoms with Crippen molar-refractivity contribution in [2.75, 3.05) is 13.1 Å². The van der Waals surface area contributed by atoms with Gasteiger partial charge in [0, 0.05) is 43.0 Å². The highest BCUT2D eigenvalue weighted by Crippen LogP contribution is 2.28. The molecule has 1 fully saturated rings. The molecule has 6 heteroatoms. The highest BCUT2D eigenvalue weighted by atomic mass is 35.5. The first kappa shape index (κ1) is 17.9. The Balaban J connectivity index is 1.75. The van der Waals surface area contributed by atoms with Crippen molar-refractivity contribution < 1.29 is 9.18 Å². The third kappa shape index (κ3) is 4.03. The van der Waals surface area contributed by atoms with E-state index in [9.17, 15) is 9.18 Å². The van der Waals surface area contributed by atoms with Crippen molar-refractivity contribution in [3.63, 3.8) is 0 Å². The van der Waals surface area contributed by atoms with E-state index >= 15 is 0 Å². The number of nitrogens with zero attached hydrogens (tertiary/aromatic N) is 3. The number of carbonyl (C=O) groups excluding carboxylic acids is 1. The maximum absolute atomic E-state index is 14.1. The number of aryl methyl sites for hydroxylation is 1. The molecule has 2 heterocycles. The summed E-state index contributed by atoms with van der Waals surface area (Å²) in [6, 6.07) is 4.20. The summed E-state index contributed by atoms with van der Waals surface area (Å²) in [5, 5.41) is 0.295. The first-order valence-corrected chi connectivity index (χ1v) is 9.23. The van der Waals surface area contributed by atoms with Gasteiger partial charge in [-0.25, -0.2) is 9.37 Å². The van der Waals surface area contributed by atoms with Crippen LogP contribution in [0, 0.1) is 5.82 Å². The van der Waals surface area contributed by atoms with Crippen LogP contribution in [0.25, 0.3) is 0 Å². The molecule has 3 rings (SSSR count). The number of piperidine rings is 1. The number of unbranched alkanes of at least 4 members (excludes halogenated alkanes) is 1. The fourth-order valence-corrected chi connectivity index (χ4v) is 3.56. The smallest absolute Gasteiger partial charge is 0.256 e. The molecular formula is C19H23ClFN3O. The minimum atomic E-state index is -0.566. The lowest BCUT2D eigenvalue weighted by molar-refractivity contribution is 0.0698. The molecule has 2 aromatic rings. The van der Waals surface area contributed by atoms with E-state index in [0.29, 0.717) is 18.1 Å². The lowest BCUT2D eigenvalue weighted by Crippen LogP contribution is -2.40. The van der Waals surface area contributed by atoms with E-state index in [1.807, 2.05) is 12.4 Å². The van der Waals surface area contributed by atoms with Gasteiger partial charge in [0.25, 0.3) is 5.91 Å². The van der Waals surface area contributed by atoms with E-state index in [1.54, 1.807) is 11.0 Å². The van der Waals surface area contributed by atoms with Gasteiger partial charge in [0.2, 0.25) is 0 Å². The molecule has 1 saturated heterocycles. The minimum Gasteiger partial charge on any atom is -0.338 e. The lowest BCUT2D eigenvalue weighted by atomic mass is 9.96. The van der Waals surface area contributed by atoms with Crippen LogP contribution in [0.15, 0.2) is 30.6 Å². The molecule has 25 heavy (non-hydrogen) atoms. The number of carbonyl (C=O) groups is 1. The Morgan fingerprint density at radius 1 is 1.44 bits per heavy atom. The number of halogens is 2. The Morgan fingerprint density at radius 2 is 2.28 bits per heavy atom. The topological polar surface area (TPSA) is 38.1 Å². The molecule has 1 aromatic heterocycles. The minimum absolute atomic E-state index is 0.0828. The van der Waals surface area contributed by atoms with E-state index in [-0.39, 0.29) is 17.4 Å². The molecule has 1 aromatic carbocycles. The van der Waals surface area contributed by atoms with Gasteiger partial charge >= 0.3 is 0 Å². The van der Waals surface area contributed by atoms with Crippen LogP contribution in [0.4, 0.5) is 4.39 Å². The summed E-state index contributed by atoms with van der Waals surface area (Å²) < 4.78 is 16.3. The van der Waals surface area contributed by atoms with E-state index in [4.69, 9.17) is 11.6 Å². The van der Waals surface area contributed by atoms with Crippen molar-refractivity contribution in [1.29, 1.82) is 0 Å². The van der Waals surface area contributed by atoms with Crippen molar-refractivity contribution in [2.45, 2.75) is 45.1 Å². The summed E-state index contributed by atoms with van der Waals surface area (Å²) in [5.41, 5.74) is 0.0828. The zero-order valence-corrected chi connectivity index (χ0v) is 15.2. The zero-order valence-electron chi connectivity index (χ0n) is 14.4. The van der Waals surface area contributed by atoms with E-state index in [2.05, 4.69) is 16.5 Å². The Kier molecular flexibility index (Phi) is 5.74. The maximum Gasteiger partial charge on any atom is 0.256 e. The zero-order chi connectivity index (χ0) is 17.8. The second-order valence-corrected chi connectivity index (χ2v) is 6.98. The Bertz CT molecular complexity index is 746. The van der Waals surface area contributed by atoms with E-state index < -0.39 is 5.82 Å². The number of hydrogen-bond acceptors (Lipinski definition) is 2. The summed E-state index contributed by atoms with van der Waals surface area (Å²) in [4.78, 5) is 19.0. The van der Waals surface area contributed by atoms with Crippen LogP contribution in [0.3, 0.4) is 0 Å². The number of imidazole rings is 1. The first-order valence-electron chi connectivity index (χ1n) is 8.85. The molecule has 1 aliphatic heterocycles. The predicted molar refractivity (Wildman–Crippen MR) is 96.4 cm³/mol. The van der Waals surface area contributed by atoms with Crippen LogP contribution in [0.5, 0.6) is 0 Å². The highest BCUT2D eigenvalue weighted by Gasteiger charge is 2.29. The molecule has 1 atom stereocenters. The van der Waals surface area contributed by atoms with Gasteiger partial charge in [-0.2, -0.15) is 0 Å². The quantitative estimate of drug-likeness (QED) is 0.784. The molecule has 4 nitrogen and oxygen atoms in total. The average molecular weight is 364 g/mol. The fraction of sp³-hybridized carbons (Fsp3) is 0.474. The number of benzene rings is 1. The van der Waals surface area contributed by atoms with Crippen LogP contribution in [-0.2, 0) is 6.54 Å². The molecule has 0 unspecified atom stereocenters. The van der Waals surface area contributed by atoms with Gasteiger partial charge in [-0.1, -0.05) is 24.9 Å². The normalized spacial score (nSPS) is 17.7. The summed E-state index contributed by atoms with van der Waals surface area (Å²) in [6.45, 7) is 4.33. The number of amides is 1. The molecular weight excluding hydrogens is 341 g/mol. The van der Waals surface area contributed by atoms with Crippen molar-refractivity contribution >= 4 is 17.5 Å². The first-order chi connectivity index (χ1) is 12.1. The second-order valence-electron chi connectivity index (χ2n) is 6.55. The molecule has 0 aliphatic carbocycles. The third-order valence-electron chi connectivity index (χ3n) is 4.74. The van der Waals surface area contributed by atoms with Gasteiger partial charge in [0.15, 0.2) is 0 Å². The van der Waals surface area contributed by atoms with Crippen molar-refractivity contribution in [3.8, 4) is 0 Å². The molecule has 0 saturated carbocycles. The predicted octanol–water partition coefficient (Wildman–Crippen LogP) is 4.50. The van der Waals surface area contributed by atoms with Crippen LogP contribution >= 0.6 is 11.6 Å². The van der Waals surface area contributed by atoms with Gasteiger partial charge < -0.3 is 9.47 Å². The summed E-state index contributed by atoms with van der Waals surface area (Å²) in [6.07, 6.45) is 7.95. The van der Waals surface area contributed by atoms with Gasteiger partial charge in [-0.15, -0.1) is 0 Å². The second kappa shape index (κ2) is 8.00. The SMILES string of the molecule is CCCCn1ccnc1[C@H]1CCCN(C(=O)c2ccc(Cl)cc2F)C1. The van der Waals surface area contributed by atoms with Crippen LogP contribution < -0.4 is 0 Å². The average Bonchev–Trinajstić information content (AvgIpc) is 3.08. The molecule has 0 radical (unpaired) electrons. The van der Waals surface area contributed by atoms with Gasteiger partial charge in [-0.05, 0) is 37.5 Å². The van der Waals surface area contributed by atoms with Gasteiger partial charge in [-0.3, -0.25) is 4.79 Å². The van der Waals surface area contributed by atoms with Crippen LogP contribution in [0.2, 0.25) is 5.02 Å². The highest BCUT2D eigenvalue weighted by molar-refractivity contribution is 6.30. The summed E-state index contributed by atoms with van der Waals surface area (Å²) in [5.74, 6) is 0.386. The molecule has 1 amide bonds. The van der Waals surface area contributed by atoms with E-state index in [0.717, 1.165) is 38.1 Å². The Morgan fingerprint density at radius 3 is 3.04 bits per heavy atom. The summed E-state index contributed by atoms with van der Waals surface area (Å²) >= 11 is 5.78. The lowest BCUT2D eigenvalue weighted by Gasteiger charge is -2.33. The molecule has 1 aliphatic rings. The largest absolute Gasteiger partial charge is 0.338 e. The Hall–Kier alpha value is -1.88. The number of rotatable bonds is 5. The molecule has 0 bridgehead atoms. The third-order valence-corrected chi connectivity index (χ3v) is 4.97. The Labute approximate surface area is 152 Å². The van der Waals surface area contributed by atoms with Crippen LogP contribution in [-0.4, -0.2) is 33.4 Å². The monoisotopic (exact) mass is 363 g/mol. The maximum atomic E-state index is 14.1. The van der Waals surface area contributed by atoms with Crippen molar-refractivity contribution in [3.05, 3.63) is 52.8 Å². The number of aromatic nitrogens is 2. The van der Waals surface area contributed by atoms with E-state index in [1.165, 1.54) is 12.1 Å². The van der Waals surface area contributed by atoms with Crippen molar-refractivity contribution in [2.24, 2.45) is 0 Å². The molecule has 0 spiro atoms. The van der Waals surface area contributed by atoms with Crippen LogP contribution in [0.1, 0.15) is 54.7 Å². The van der Waals surface area contributed by atoms with Gasteiger partial charge in [0.1, 0.15) is 11.6 Å². The number of likely N-dealkylation sites (tertiary alicyclic amines) is 1. The molecule has 134 valence electrons. The standard InChI is InChI=1S/C19H23ClFN3O/c1-2-3-9-23-11-8-22-18(23)14-5-4-10-24(13-14)19(25)16-7-6-15(20)12-17(16)21/h6-8,11-12,14H,2-5,9-10,13H2,1H3/t14-/m0/s1. The number of hydrogen-bond donors (Lipinski definition) is 0. The molecule has 0 N–H and O–H groups in total. The van der Waals surface area contributed by atoms with Gasteiger partial charge in [0.05, 0.1) is 5.56 Å². The fourth-order valence-electron chi connectivity index (χ4n) is 3.40.